The van der Waals surface area contributed by atoms with Crippen LogP contribution in [0.3, 0.4) is 0 Å². The molecule has 1 fully saturated rings. The van der Waals surface area contributed by atoms with Gasteiger partial charge in [0.25, 0.3) is 0 Å². The van der Waals surface area contributed by atoms with Gasteiger partial charge in [-0.1, -0.05) is 0 Å². The molecule has 0 radical (unpaired) electrons. The number of benzene rings is 1. The van der Waals surface area contributed by atoms with E-state index < -0.39 is 0 Å². The summed E-state index contributed by atoms with van der Waals surface area (Å²) < 4.78 is 10.6. The van der Waals surface area contributed by atoms with Gasteiger partial charge in [0.2, 0.25) is 0 Å². The van der Waals surface area contributed by atoms with Crippen LogP contribution in [0.2, 0.25) is 0 Å². The summed E-state index contributed by atoms with van der Waals surface area (Å²) in [5, 5.41) is 0. The maximum atomic E-state index is 11.2. The van der Waals surface area contributed by atoms with Crippen LogP contribution in [0.15, 0.2) is 18.2 Å². The molecule has 0 amide bonds. The molecular weight excluding hydrogens is 194 g/mol. The molecule has 4 heteroatoms. The van der Waals surface area contributed by atoms with E-state index in [9.17, 15) is 4.79 Å². The van der Waals surface area contributed by atoms with Gasteiger partial charge in [-0.25, -0.2) is 0 Å². The summed E-state index contributed by atoms with van der Waals surface area (Å²) in [5.74, 6) is 0.616. The number of hydrogen-bond acceptors (Lipinski definition) is 4. The molecule has 0 bridgehead atoms. The third-order valence-corrected chi connectivity index (χ3v) is 2.31. The normalized spacial score (nSPS) is 15.8. The highest BCUT2D eigenvalue weighted by atomic mass is 16.6. The van der Waals surface area contributed by atoms with Crippen LogP contribution in [0, 0.1) is 0 Å². The molecule has 80 valence electrons. The van der Waals surface area contributed by atoms with Crippen LogP contribution >= 0.6 is 0 Å². The minimum absolute atomic E-state index is 0.0530. The lowest BCUT2D eigenvalue weighted by molar-refractivity contribution is -0.0796. The first-order valence-corrected chi connectivity index (χ1v) is 4.81. The van der Waals surface area contributed by atoms with Crippen LogP contribution in [0.4, 0.5) is 5.69 Å². The number of ketones is 1. The third-order valence-electron chi connectivity index (χ3n) is 2.31. The molecule has 1 saturated heterocycles. The van der Waals surface area contributed by atoms with Crippen LogP contribution < -0.4 is 10.5 Å². The van der Waals surface area contributed by atoms with E-state index in [1.54, 1.807) is 18.2 Å². The Balaban J connectivity index is 2.17. The van der Waals surface area contributed by atoms with Gasteiger partial charge in [-0.2, -0.15) is 0 Å². The SMILES string of the molecule is CC(=O)c1cc(OC2COC2)ccc1N. The van der Waals surface area contributed by atoms with E-state index in [0.29, 0.717) is 30.2 Å². The second kappa shape index (κ2) is 3.90. The van der Waals surface area contributed by atoms with Crippen molar-refractivity contribution in [1.82, 2.24) is 0 Å². The lowest BCUT2D eigenvalue weighted by Crippen LogP contribution is -2.38. The number of carbonyl (C=O) groups is 1. The first kappa shape index (κ1) is 9.98. The maximum absolute atomic E-state index is 11.2. The van der Waals surface area contributed by atoms with Crippen LogP contribution in [-0.2, 0) is 4.74 Å². The Bertz CT molecular complexity index is 385. The van der Waals surface area contributed by atoms with Gasteiger partial charge >= 0.3 is 0 Å². The standard InChI is InChI=1S/C11H13NO3/c1-7(13)10-4-8(2-3-11(10)12)15-9-5-14-6-9/h2-4,9H,5-6,12H2,1H3. The highest BCUT2D eigenvalue weighted by molar-refractivity contribution is 5.99. The van der Waals surface area contributed by atoms with Crippen molar-refractivity contribution in [3.63, 3.8) is 0 Å². The van der Waals surface area contributed by atoms with E-state index in [2.05, 4.69) is 0 Å². The first-order chi connectivity index (χ1) is 7.16. The molecule has 0 atom stereocenters. The zero-order chi connectivity index (χ0) is 10.8. The molecule has 1 aliphatic rings. The molecule has 0 saturated carbocycles. The minimum Gasteiger partial charge on any atom is -0.486 e. The van der Waals surface area contributed by atoms with E-state index in [1.807, 2.05) is 0 Å². The summed E-state index contributed by atoms with van der Waals surface area (Å²) in [6, 6.07) is 5.13. The molecule has 1 aromatic carbocycles. The summed E-state index contributed by atoms with van der Waals surface area (Å²) in [6.07, 6.45) is 0.105. The molecular formula is C11H13NO3. The minimum atomic E-state index is -0.0530. The average Bonchev–Trinajstić information content (AvgIpc) is 2.13. The summed E-state index contributed by atoms with van der Waals surface area (Å²) in [7, 11) is 0. The fourth-order valence-corrected chi connectivity index (χ4v) is 1.39. The Morgan fingerprint density at radius 1 is 1.53 bits per heavy atom. The highest BCUT2D eigenvalue weighted by Gasteiger charge is 2.20. The zero-order valence-corrected chi connectivity index (χ0v) is 8.53. The van der Waals surface area contributed by atoms with Crippen molar-refractivity contribution in [1.29, 1.82) is 0 Å². The summed E-state index contributed by atoms with van der Waals surface area (Å²) >= 11 is 0. The molecule has 0 spiro atoms. The van der Waals surface area contributed by atoms with E-state index in [1.165, 1.54) is 6.92 Å². The van der Waals surface area contributed by atoms with Crippen molar-refractivity contribution in [2.75, 3.05) is 18.9 Å². The Hall–Kier alpha value is -1.55. The van der Waals surface area contributed by atoms with Crippen molar-refractivity contribution in [2.45, 2.75) is 13.0 Å². The van der Waals surface area contributed by atoms with Gasteiger partial charge in [0.1, 0.15) is 11.9 Å². The molecule has 2 N–H and O–H groups in total. The van der Waals surface area contributed by atoms with Crippen LogP contribution in [0.1, 0.15) is 17.3 Å². The van der Waals surface area contributed by atoms with Crippen molar-refractivity contribution in [3.8, 4) is 5.75 Å². The number of anilines is 1. The Kier molecular flexibility index (Phi) is 2.60. The predicted molar refractivity (Wildman–Crippen MR) is 56.1 cm³/mol. The van der Waals surface area contributed by atoms with Gasteiger partial charge in [0.15, 0.2) is 5.78 Å². The number of nitrogen functional groups attached to an aromatic ring is 1. The fourth-order valence-electron chi connectivity index (χ4n) is 1.39. The summed E-state index contributed by atoms with van der Waals surface area (Å²) in [6.45, 7) is 2.71. The van der Waals surface area contributed by atoms with Crippen molar-refractivity contribution in [2.24, 2.45) is 0 Å². The molecule has 4 nitrogen and oxygen atoms in total. The molecule has 2 rings (SSSR count). The fraction of sp³-hybridized carbons (Fsp3) is 0.364. The van der Waals surface area contributed by atoms with Crippen LogP contribution in [0.25, 0.3) is 0 Å². The number of Topliss-reactive ketones (excluding diaryl/α,β-unsaturated/α-hetero) is 1. The van der Waals surface area contributed by atoms with E-state index in [-0.39, 0.29) is 11.9 Å². The number of ether oxygens (including phenoxy) is 2. The summed E-state index contributed by atoms with van der Waals surface area (Å²) in [5.41, 5.74) is 6.66. The highest BCUT2D eigenvalue weighted by Crippen LogP contribution is 2.22. The topological polar surface area (TPSA) is 61.5 Å². The molecule has 0 aromatic heterocycles. The quantitative estimate of drug-likeness (QED) is 0.598. The predicted octanol–water partition coefficient (Wildman–Crippen LogP) is 1.25. The van der Waals surface area contributed by atoms with E-state index in [4.69, 9.17) is 15.2 Å². The molecule has 1 aliphatic heterocycles. The second-order valence-electron chi connectivity index (χ2n) is 3.58. The third kappa shape index (κ3) is 2.10. The Morgan fingerprint density at radius 2 is 2.27 bits per heavy atom. The average molecular weight is 207 g/mol. The van der Waals surface area contributed by atoms with Crippen molar-refractivity contribution < 1.29 is 14.3 Å². The monoisotopic (exact) mass is 207 g/mol. The first-order valence-electron chi connectivity index (χ1n) is 4.81. The van der Waals surface area contributed by atoms with Gasteiger partial charge in [0, 0.05) is 11.3 Å². The number of rotatable bonds is 3. The van der Waals surface area contributed by atoms with Gasteiger partial charge in [0.05, 0.1) is 13.2 Å². The van der Waals surface area contributed by atoms with E-state index in [0.717, 1.165) is 0 Å². The molecule has 0 aliphatic carbocycles. The number of carbonyl (C=O) groups excluding carboxylic acids is 1. The zero-order valence-electron chi connectivity index (χ0n) is 8.53. The van der Waals surface area contributed by atoms with Crippen molar-refractivity contribution >= 4 is 11.5 Å². The Morgan fingerprint density at radius 3 is 2.80 bits per heavy atom. The van der Waals surface area contributed by atoms with Gasteiger partial charge in [-0.15, -0.1) is 0 Å². The van der Waals surface area contributed by atoms with Crippen molar-refractivity contribution in [3.05, 3.63) is 23.8 Å². The van der Waals surface area contributed by atoms with Crippen LogP contribution in [0.5, 0.6) is 5.75 Å². The number of hydrogen-bond donors (Lipinski definition) is 1. The van der Waals surface area contributed by atoms with Gasteiger partial charge in [-0.3, -0.25) is 4.79 Å². The number of nitrogens with two attached hydrogens (primary N) is 1. The molecule has 1 heterocycles. The van der Waals surface area contributed by atoms with Gasteiger partial charge < -0.3 is 15.2 Å². The lowest BCUT2D eigenvalue weighted by Gasteiger charge is -2.26. The molecule has 0 unspecified atom stereocenters. The summed E-state index contributed by atoms with van der Waals surface area (Å²) in [4.78, 5) is 11.2. The molecule has 15 heavy (non-hydrogen) atoms. The van der Waals surface area contributed by atoms with E-state index >= 15 is 0 Å². The lowest BCUT2D eigenvalue weighted by atomic mass is 10.1. The second-order valence-corrected chi connectivity index (χ2v) is 3.58. The van der Waals surface area contributed by atoms with Crippen LogP contribution in [-0.4, -0.2) is 25.1 Å². The largest absolute Gasteiger partial charge is 0.486 e. The maximum Gasteiger partial charge on any atom is 0.162 e. The smallest absolute Gasteiger partial charge is 0.162 e. The Labute approximate surface area is 88.0 Å². The molecule has 1 aromatic rings. The van der Waals surface area contributed by atoms with Gasteiger partial charge in [-0.05, 0) is 25.1 Å².